The van der Waals surface area contributed by atoms with E-state index in [0.29, 0.717) is 23.6 Å². The summed E-state index contributed by atoms with van der Waals surface area (Å²) in [6, 6.07) is 18.5. The number of rotatable bonds is 11. The van der Waals surface area contributed by atoms with Crippen LogP contribution in [0.25, 0.3) is 0 Å². The van der Waals surface area contributed by atoms with Gasteiger partial charge in [0, 0.05) is 29.3 Å². The second-order valence-electron chi connectivity index (χ2n) is 7.60. The average Bonchev–Trinajstić information content (AvgIpc) is 3.59. The van der Waals surface area contributed by atoms with E-state index in [-0.39, 0.29) is 12.5 Å². The van der Waals surface area contributed by atoms with Gasteiger partial charge in [0.05, 0.1) is 6.54 Å². The van der Waals surface area contributed by atoms with Gasteiger partial charge in [0.25, 0.3) is 5.91 Å². The van der Waals surface area contributed by atoms with E-state index in [4.69, 9.17) is 9.73 Å². The second-order valence-corrected chi connectivity index (χ2v) is 9.11. The fraction of sp³-hybridized carbons (Fsp3) is 0.417. The van der Waals surface area contributed by atoms with Crippen molar-refractivity contribution in [2.24, 2.45) is 4.99 Å². The molecule has 1 saturated carbocycles. The van der Waals surface area contributed by atoms with Crippen LogP contribution in [-0.4, -0.2) is 42.9 Å². The molecule has 0 spiro atoms. The Kier molecular flexibility index (Phi) is 9.09. The van der Waals surface area contributed by atoms with Gasteiger partial charge < -0.3 is 20.7 Å². The normalized spacial score (nSPS) is 14.6. The van der Waals surface area contributed by atoms with Crippen molar-refractivity contribution in [2.75, 3.05) is 19.7 Å². The smallest absolute Gasteiger partial charge is 0.258 e. The Balaban J connectivity index is 1.47. The molecule has 0 saturated heterocycles. The molecule has 1 amide bonds. The molecule has 1 fully saturated rings. The quantitative estimate of drug-likeness (QED) is 0.283. The van der Waals surface area contributed by atoms with Crippen molar-refractivity contribution in [1.29, 1.82) is 0 Å². The predicted molar refractivity (Wildman–Crippen MR) is 128 cm³/mol. The van der Waals surface area contributed by atoms with E-state index in [2.05, 4.69) is 54.1 Å². The van der Waals surface area contributed by atoms with Gasteiger partial charge >= 0.3 is 0 Å². The Hall–Kier alpha value is -2.67. The topological polar surface area (TPSA) is 74.8 Å². The second kappa shape index (κ2) is 12.2. The molecule has 0 aromatic heterocycles. The highest BCUT2D eigenvalue weighted by Gasteiger charge is 2.23. The van der Waals surface area contributed by atoms with Crippen LogP contribution in [0.15, 0.2) is 64.5 Å². The number of carbonyl (C=O) groups is 1. The summed E-state index contributed by atoms with van der Waals surface area (Å²) in [5, 5.41) is 10.1. The first-order valence-corrected chi connectivity index (χ1v) is 11.8. The van der Waals surface area contributed by atoms with Crippen molar-refractivity contribution in [3.63, 3.8) is 0 Å². The fourth-order valence-corrected chi connectivity index (χ4v) is 3.85. The molecule has 0 heterocycles. The SMILES string of the molecule is CCNC(=NCc1cccc(OCC(=O)NC2CC2)c1)NCC(C)Sc1ccccc1. The summed E-state index contributed by atoms with van der Waals surface area (Å²) in [5.41, 5.74) is 1.03. The van der Waals surface area contributed by atoms with E-state index in [1.807, 2.05) is 42.1 Å². The van der Waals surface area contributed by atoms with Gasteiger partial charge in [0.2, 0.25) is 0 Å². The zero-order valence-corrected chi connectivity index (χ0v) is 19.1. The first-order chi connectivity index (χ1) is 15.1. The molecule has 1 aliphatic rings. The number of thioether (sulfide) groups is 1. The van der Waals surface area contributed by atoms with Crippen LogP contribution in [0, 0.1) is 0 Å². The Morgan fingerprint density at radius 3 is 2.71 bits per heavy atom. The molecule has 2 aromatic rings. The number of nitrogens with zero attached hydrogens (tertiary/aromatic N) is 1. The highest BCUT2D eigenvalue weighted by molar-refractivity contribution is 8.00. The molecule has 1 aliphatic carbocycles. The summed E-state index contributed by atoms with van der Waals surface area (Å²) in [6.45, 7) is 6.44. The van der Waals surface area contributed by atoms with Crippen molar-refractivity contribution in [3.8, 4) is 5.75 Å². The minimum Gasteiger partial charge on any atom is -0.484 e. The molecule has 1 atom stereocenters. The lowest BCUT2D eigenvalue weighted by Gasteiger charge is -2.16. The van der Waals surface area contributed by atoms with Gasteiger partial charge in [0.15, 0.2) is 12.6 Å². The lowest BCUT2D eigenvalue weighted by molar-refractivity contribution is -0.123. The van der Waals surface area contributed by atoms with E-state index in [0.717, 1.165) is 37.5 Å². The highest BCUT2D eigenvalue weighted by atomic mass is 32.2. The summed E-state index contributed by atoms with van der Waals surface area (Å²) in [6.07, 6.45) is 2.15. The van der Waals surface area contributed by atoms with Crippen LogP contribution in [0.5, 0.6) is 5.75 Å². The molecule has 0 radical (unpaired) electrons. The summed E-state index contributed by atoms with van der Waals surface area (Å²) >= 11 is 1.84. The Morgan fingerprint density at radius 2 is 1.97 bits per heavy atom. The van der Waals surface area contributed by atoms with E-state index >= 15 is 0 Å². The number of carbonyl (C=O) groups excluding carboxylic acids is 1. The molecule has 0 bridgehead atoms. The number of aliphatic imine (C=N–C) groups is 1. The average molecular weight is 441 g/mol. The number of guanidine groups is 1. The van der Waals surface area contributed by atoms with Crippen LogP contribution in [0.3, 0.4) is 0 Å². The Bertz CT molecular complexity index is 856. The number of nitrogens with one attached hydrogen (secondary N) is 3. The molecule has 7 heteroatoms. The van der Waals surface area contributed by atoms with Crippen LogP contribution in [-0.2, 0) is 11.3 Å². The summed E-state index contributed by atoms with van der Waals surface area (Å²) in [5.74, 6) is 1.41. The molecule has 1 unspecified atom stereocenters. The Labute approximate surface area is 189 Å². The van der Waals surface area contributed by atoms with Gasteiger partial charge in [-0.2, -0.15) is 0 Å². The van der Waals surface area contributed by atoms with Gasteiger partial charge in [-0.15, -0.1) is 11.8 Å². The van der Waals surface area contributed by atoms with Crippen molar-refractivity contribution < 1.29 is 9.53 Å². The third-order valence-corrected chi connectivity index (χ3v) is 5.73. The largest absolute Gasteiger partial charge is 0.484 e. The number of hydrogen-bond donors (Lipinski definition) is 3. The number of hydrogen-bond acceptors (Lipinski definition) is 4. The summed E-state index contributed by atoms with van der Waals surface area (Å²) < 4.78 is 5.63. The lowest BCUT2D eigenvalue weighted by atomic mass is 10.2. The van der Waals surface area contributed by atoms with Crippen molar-refractivity contribution in [1.82, 2.24) is 16.0 Å². The molecule has 3 rings (SSSR count). The molecule has 6 nitrogen and oxygen atoms in total. The predicted octanol–water partition coefficient (Wildman–Crippen LogP) is 3.58. The van der Waals surface area contributed by atoms with Crippen LogP contribution in [0.4, 0.5) is 0 Å². The van der Waals surface area contributed by atoms with Crippen molar-refractivity contribution in [3.05, 3.63) is 60.2 Å². The monoisotopic (exact) mass is 440 g/mol. The Morgan fingerprint density at radius 1 is 1.16 bits per heavy atom. The maximum absolute atomic E-state index is 11.8. The van der Waals surface area contributed by atoms with E-state index in [9.17, 15) is 4.79 Å². The first kappa shape index (κ1) is 23.0. The van der Waals surface area contributed by atoms with Crippen LogP contribution in [0.1, 0.15) is 32.3 Å². The summed E-state index contributed by atoms with van der Waals surface area (Å²) in [4.78, 5) is 17.8. The van der Waals surface area contributed by atoms with Crippen LogP contribution in [0.2, 0.25) is 0 Å². The van der Waals surface area contributed by atoms with E-state index in [1.54, 1.807) is 0 Å². The van der Waals surface area contributed by atoms with Gasteiger partial charge in [-0.3, -0.25) is 4.79 Å². The molecule has 0 aliphatic heterocycles. The van der Waals surface area contributed by atoms with E-state index in [1.165, 1.54) is 4.90 Å². The molecule has 2 aromatic carbocycles. The lowest BCUT2D eigenvalue weighted by Crippen LogP contribution is -2.40. The minimum atomic E-state index is -0.0629. The maximum Gasteiger partial charge on any atom is 0.258 e. The third-order valence-electron chi connectivity index (χ3n) is 4.61. The van der Waals surface area contributed by atoms with Crippen LogP contribution < -0.4 is 20.7 Å². The molecule has 3 N–H and O–H groups in total. The molecule has 31 heavy (non-hydrogen) atoms. The molecular weight excluding hydrogens is 408 g/mol. The van der Waals surface area contributed by atoms with Gasteiger partial charge in [-0.1, -0.05) is 37.3 Å². The number of benzene rings is 2. The van der Waals surface area contributed by atoms with Gasteiger partial charge in [0.1, 0.15) is 5.75 Å². The zero-order chi connectivity index (χ0) is 21.9. The number of ether oxygens (including phenoxy) is 1. The van der Waals surface area contributed by atoms with Crippen LogP contribution >= 0.6 is 11.8 Å². The molecule has 166 valence electrons. The van der Waals surface area contributed by atoms with Crippen molar-refractivity contribution >= 4 is 23.6 Å². The highest BCUT2D eigenvalue weighted by Crippen LogP contribution is 2.22. The van der Waals surface area contributed by atoms with Gasteiger partial charge in [-0.25, -0.2) is 4.99 Å². The number of amides is 1. The van der Waals surface area contributed by atoms with E-state index < -0.39 is 0 Å². The maximum atomic E-state index is 11.8. The van der Waals surface area contributed by atoms with Gasteiger partial charge in [-0.05, 0) is 49.6 Å². The first-order valence-electron chi connectivity index (χ1n) is 10.9. The fourth-order valence-electron chi connectivity index (χ4n) is 2.91. The zero-order valence-electron chi connectivity index (χ0n) is 18.3. The summed E-state index contributed by atoms with van der Waals surface area (Å²) in [7, 11) is 0. The standard InChI is InChI=1S/C24H32N4O2S/c1-3-25-24(26-15-18(2)31-22-10-5-4-6-11-22)27-16-19-8-7-9-21(14-19)30-17-23(29)28-20-12-13-20/h4-11,14,18,20H,3,12-13,15-17H2,1-2H3,(H,28,29)(H2,25,26,27). The third kappa shape index (κ3) is 8.92. The van der Waals surface area contributed by atoms with Crippen molar-refractivity contribution in [2.45, 2.75) is 49.4 Å². The minimum absolute atomic E-state index is 0.0460. The molecular formula is C24H32N4O2S.